The molecule has 1 aliphatic rings. The number of hydrogen-bond acceptors (Lipinski definition) is 2. The Balaban J connectivity index is 1.93. The van der Waals surface area contributed by atoms with Gasteiger partial charge in [0.1, 0.15) is 11.6 Å². The van der Waals surface area contributed by atoms with Crippen LogP contribution in [0.5, 0.6) is 0 Å². The molecular formula is C21H30BF2NO2. The molecule has 1 saturated heterocycles. The number of hydrogen-bond donors (Lipinski definition) is 1. The smallest absolute Gasteiger partial charge is 0.300 e. The average Bonchev–Trinajstić information content (AvgIpc) is 2.60. The molecule has 148 valence electrons. The minimum atomic E-state index is -1.15. The molecule has 6 heteroatoms. The van der Waals surface area contributed by atoms with Gasteiger partial charge in [-0.3, -0.25) is 9.69 Å². The molecule has 1 aromatic carbocycles. The molecule has 0 aromatic heterocycles. The Bertz CT molecular complexity index is 608. The second-order valence-corrected chi connectivity index (χ2v) is 7.85. The summed E-state index contributed by atoms with van der Waals surface area (Å²) in [6.45, 7) is 3.44. The molecule has 1 N–H and O–H groups in total. The maximum absolute atomic E-state index is 13.5. The van der Waals surface area contributed by atoms with Gasteiger partial charge in [0.2, 0.25) is 0 Å². The summed E-state index contributed by atoms with van der Waals surface area (Å²) in [4.78, 5) is 13.8. The van der Waals surface area contributed by atoms with E-state index >= 15 is 0 Å². The van der Waals surface area contributed by atoms with Gasteiger partial charge >= 0.3 is 5.97 Å². The number of carboxylic acid groups (broad SMARTS) is 1. The summed E-state index contributed by atoms with van der Waals surface area (Å²) in [5.74, 6) is -2.03. The molecule has 0 aliphatic carbocycles. The molecule has 1 aromatic rings. The summed E-state index contributed by atoms with van der Waals surface area (Å²) in [6, 6.07) is 3.96. The minimum Gasteiger partial charge on any atom is -0.481 e. The van der Waals surface area contributed by atoms with Crippen LogP contribution < -0.4 is 0 Å². The fourth-order valence-electron chi connectivity index (χ4n) is 4.02. The lowest BCUT2D eigenvalue weighted by molar-refractivity contribution is -0.141. The van der Waals surface area contributed by atoms with E-state index in [1.165, 1.54) is 12.1 Å². The Kier molecular flexibility index (Phi) is 8.27. The van der Waals surface area contributed by atoms with Crippen molar-refractivity contribution in [2.24, 2.45) is 0 Å². The summed E-state index contributed by atoms with van der Waals surface area (Å²) in [5.41, 5.74) is 0.640. The third-order valence-electron chi connectivity index (χ3n) is 5.62. The van der Waals surface area contributed by atoms with Crippen molar-refractivity contribution in [1.82, 2.24) is 4.90 Å². The average molecular weight is 377 g/mol. The van der Waals surface area contributed by atoms with Gasteiger partial charge in [-0.2, -0.15) is 0 Å². The van der Waals surface area contributed by atoms with E-state index in [-0.39, 0.29) is 0 Å². The number of unbranched alkanes of at least 4 members (excludes halogenated alkanes) is 1. The van der Waals surface area contributed by atoms with Crippen LogP contribution in [0.4, 0.5) is 8.78 Å². The second-order valence-electron chi connectivity index (χ2n) is 7.85. The molecular weight excluding hydrogens is 347 g/mol. The molecule has 2 atom stereocenters. The highest BCUT2D eigenvalue weighted by Crippen LogP contribution is 2.36. The minimum absolute atomic E-state index is 0.300. The van der Waals surface area contributed by atoms with Crippen molar-refractivity contribution in [3.63, 3.8) is 0 Å². The quantitative estimate of drug-likeness (QED) is 0.578. The number of carbonyl (C=O) groups is 1. The predicted molar refractivity (Wildman–Crippen MR) is 104 cm³/mol. The van der Waals surface area contributed by atoms with Crippen LogP contribution in [0.3, 0.4) is 0 Å². The molecule has 0 spiro atoms. The van der Waals surface area contributed by atoms with Crippen LogP contribution in [0.15, 0.2) is 18.2 Å². The lowest BCUT2D eigenvalue weighted by atomic mass is 9.62. The van der Waals surface area contributed by atoms with Gasteiger partial charge < -0.3 is 5.11 Å². The maximum Gasteiger partial charge on any atom is 0.300 e. The van der Waals surface area contributed by atoms with Crippen molar-refractivity contribution >= 4 is 13.8 Å². The van der Waals surface area contributed by atoms with E-state index in [0.29, 0.717) is 31.0 Å². The first-order valence-electron chi connectivity index (χ1n) is 10.1. The number of aliphatic carboxylic acids is 1. The fourth-order valence-corrected chi connectivity index (χ4v) is 4.02. The molecule has 2 radical (unpaired) electrons. The summed E-state index contributed by atoms with van der Waals surface area (Å²) < 4.78 is 26.9. The van der Waals surface area contributed by atoms with Gasteiger partial charge in [-0.15, -0.1) is 0 Å². The zero-order valence-corrected chi connectivity index (χ0v) is 16.2. The van der Waals surface area contributed by atoms with Crippen LogP contribution in [0.2, 0.25) is 5.31 Å². The molecule has 2 rings (SSSR count). The van der Waals surface area contributed by atoms with E-state index in [4.69, 9.17) is 7.85 Å². The van der Waals surface area contributed by atoms with E-state index in [1.54, 1.807) is 0 Å². The number of nitrogens with zero attached hydrogens (tertiary/aromatic N) is 1. The molecule has 27 heavy (non-hydrogen) atoms. The first-order valence-corrected chi connectivity index (χ1v) is 10.1. The molecule has 0 bridgehead atoms. The highest BCUT2D eigenvalue weighted by atomic mass is 19.1. The number of piperidine rings is 1. The lowest BCUT2D eigenvalue weighted by Gasteiger charge is -2.36. The number of benzene rings is 1. The second kappa shape index (κ2) is 10.2. The Morgan fingerprint density at radius 3 is 2.52 bits per heavy atom. The standard InChI is InChI=1S/C21H30BF2NO2/c1-2-3-9-21(22,20(26)27)10-6-8-19-7-4-5-11-25(19)15-16-12-17(23)14-18(24)13-16/h12-14,19H,2-11,15H2,1H3,(H,26,27). The number of halogens is 2. The van der Waals surface area contributed by atoms with Gasteiger partial charge in [-0.25, -0.2) is 8.78 Å². The Labute approximate surface area is 162 Å². The zero-order valence-electron chi connectivity index (χ0n) is 16.2. The largest absolute Gasteiger partial charge is 0.481 e. The van der Waals surface area contributed by atoms with Crippen molar-refractivity contribution < 1.29 is 18.7 Å². The van der Waals surface area contributed by atoms with Crippen molar-refractivity contribution in [2.75, 3.05) is 6.54 Å². The van der Waals surface area contributed by atoms with E-state index < -0.39 is 22.9 Å². The molecule has 3 nitrogen and oxygen atoms in total. The van der Waals surface area contributed by atoms with E-state index in [9.17, 15) is 18.7 Å². The highest BCUT2D eigenvalue weighted by molar-refractivity contribution is 6.26. The lowest BCUT2D eigenvalue weighted by Crippen LogP contribution is -2.39. The maximum atomic E-state index is 13.5. The van der Waals surface area contributed by atoms with Gasteiger partial charge in [-0.05, 0) is 56.3 Å². The van der Waals surface area contributed by atoms with Crippen LogP contribution in [0, 0.1) is 11.6 Å². The molecule has 0 amide bonds. The summed E-state index contributed by atoms with van der Waals surface area (Å²) >= 11 is 0. The number of likely N-dealkylation sites (tertiary alicyclic amines) is 1. The van der Waals surface area contributed by atoms with Crippen LogP contribution in [0.1, 0.15) is 70.3 Å². The monoisotopic (exact) mass is 377 g/mol. The fraction of sp³-hybridized carbons (Fsp3) is 0.667. The van der Waals surface area contributed by atoms with E-state index in [2.05, 4.69) is 4.90 Å². The van der Waals surface area contributed by atoms with Crippen LogP contribution in [0.25, 0.3) is 0 Å². The van der Waals surface area contributed by atoms with E-state index in [1.807, 2.05) is 6.92 Å². The Hall–Kier alpha value is -1.43. The van der Waals surface area contributed by atoms with Crippen LogP contribution >= 0.6 is 0 Å². The third kappa shape index (κ3) is 6.60. The summed E-state index contributed by atoms with van der Waals surface area (Å²) in [6.07, 6.45) is 7.51. The molecule has 1 heterocycles. The van der Waals surface area contributed by atoms with Crippen molar-refractivity contribution in [1.29, 1.82) is 0 Å². The van der Waals surface area contributed by atoms with Gasteiger partial charge in [0.05, 0.1) is 7.85 Å². The SMILES string of the molecule is [B]C(CCCC)(CCCC1CCCCN1Cc1cc(F)cc(F)c1)C(=O)O. The van der Waals surface area contributed by atoms with Crippen LogP contribution in [-0.2, 0) is 11.3 Å². The van der Waals surface area contributed by atoms with Crippen LogP contribution in [-0.4, -0.2) is 36.4 Å². The molecule has 0 saturated carbocycles. The van der Waals surface area contributed by atoms with Gasteiger partial charge in [-0.1, -0.05) is 32.6 Å². The van der Waals surface area contributed by atoms with Crippen molar-refractivity contribution in [3.05, 3.63) is 35.4 Å². The highest BCUT2D eigenvalue weighted by Gasteiger charge is 2.32. The Morgan fingerprint density at radius 2 is 1.89 bits per heavy atom. The Morgan fingerprint density at radius 1 is 1.22 bits per heavy atom. The molecule has 1 fully saturated rings. The first kappa shape index (κ1) is 21.9. The molecule has 1 aliphatic heterocycles. The number of carboxylic acids is 1. The molecule has 2 unspecified atom stereocenters. The van der Waals surface area contributed by atoms with Crippen molar-refractivity contribution in [3.8, 4) is 0 Å². The first-order chi connectivity index (χ1) is 12.8. The summed E-state index contributed by atoms with van der Waals surface area (Å²) in [7, 11) is 6.14. The van der Waals surface area contributed by atoms with Crippen molar-refractivity contribution in [2.45, 2.75) is 82.6 Å². The summed E-state index contributed by atoms with van der Waals surface area (Å²) in [5, 5.41) is 8.34. The van der Waals surface area contributed by atoms with Gasteiger partial charge in [0.15, 0.2) is 0 Å². The zero-order chi connectivity index (χ0) is 19.9. The topological polar surface area (TPSA) is 40.5 Å². The third-order valence-corrected chi connectivity index (χ3v) is 5.62. The van der Waals surface area contributed by atoms with Gasteiger partial charge in [0, 0.05) is 24.0 Å². The van der Waals surface area contributed by atoms with Gasteiger partial charge in [0.25, 0.3) is 0 Å². The normalized spacial score (nSPS) is 20.3. The van der Waals surface area contributed by atoms with E-state index in [0.717, 1.165) is 57.6 Å². The predicted octanol–water partition coefficient (Wildman–Crippen LogP) is 5.09. The number of rotatable bonds is 10.